The Kier molecular flexibility index (Phi) is 3.25. The maximum atomic E-state index is 10.7. The number of sulfonamides is 1. The molecule has 12 heavy (non-hydrogen) atoms. The third kappa shape index (κ3) is 3.85. The molecule has 4 nitrogen and oxygen atoms in total. The zero-order valence-electron chi connectivity index (χ0n) is 7.04. The minimum atomic E-state index is -3.06. The van der Waals surface area contributed by atoms with Crippen LogP contribution in [0.4, 0.5) is 0 Å². The average Bonchev–Trinajstić information content (AvgIpc) is 2.02. The highest BCUT2D eigenvalue weighted by molar-refractivity contribution is 7.88. The summed E-state index contributed by atoms with van der Waals surface area (Å²) in [5.41, 5.74) is 1.10. The molecule has 0 saturated carbocycles. The highest BCUT2D eigenvalue weighted by atomic mass is 32.2. The first-order valence-corrected chi connectivity index (χ1v) is 5.67. The molecule has 1 rings (SSSR count). The molecule has 5 heteroatoms. The Hall–Kier alpha value is -0.390. The first-order valence-electron chi connectivity index (χ1n) is 3.78. The fourth-order valence-electron chi connectivity index (χ4n) is 0.950. The lowest BCUT2D eigenvalue weighted by Crippen LogP contribution is -2.25. The van der Waals surface area contributed by atoms with Crippen molar-refractivity contribution in [2.24, 2.45) is 0 Å². The fourth-order valence-corrected chi connectivity index (χ4v) is 1.40. The molecule has 1 aliphatic heterocycles. The SMILES string of the molecule is CS(=O)(=O)NCC1=CCOCC1. The van der Waals surface area contributed by atoms with Crippen molar-refractivity contribution in [1.29, 1.82) is 0 Å². The highest BCUT2D eigenvalue weighted by Gasteiger charge is 2.06. The van der Waals surface area contributed by atoms with E-state index in [-0.39, 0.29) is 0 Å². The van der Waals surface area contributed by atoms with Crippen molar-refractivity contribution < 1.29 is 13.2 Å². The van der Waals surface area contributed by atoms with E-state index in [9.17, 15) is 8.42 Å². The van der Waals surface area contributed by atoms with Crippen molar-refractivity contribution in [3.05, 3.63) is 11.6 Å². The van der Waals surface area contributed by atoms with E-state index in [1.165, 1.54) is 0 Å². The van der Waals surface area contributed by atoms with Crippen LogP contribution in [0.1, 0.15) is 6.42 Å². The van der Waals surface area contributed by atoms with E-state index in [1.807, 2.05) is 6.08 Å². The maximum Gasteiger partial charge on any atom is 0.208 e. The second-order valence-corrected chi connectivity index (χ2v) is 4.61. The molecule has 0 aromatic rings. The van der Waals surface area contributed by atoms with Crippen LogP contribution in [0.15, 0.2) is 11.6 Å². The molecule has 0 atom stereocenters. The van der Waals surface area contributed by atoms with E-state index in [0.717, 1.165) is 18.2 Å². The second kappa shape index (κ2) is 4.02. The summed E-state index contributed by atoms with van der Waals surface area (Å²) in [5.74, 6) is 0. The molecule has 0 spiro atoms. The first kappa shape index (κ1) is 9.70. The standard InChI is InChI=1S/C7H13NO3S/c1-12(9,10)8-6-7-2-4-11-5-3-7/h2,8H,3-6H2,1H3. The van der Waals surface area contributed by atoms with Gasteiger partial charge in [-0.25, -0.2) is 13.1 Å². The number of hydrogen-bond donors (Lipinski definition) is 1. The summed E-state index contributed by atoms with van der Waals surface area (Å²) in [6.45, 7) is 1.71. The topological polar surface area (TPSA) is 55.4 Å². The largest absolute Gasteiger partial charge is 0.377 e. The number of nitrogens with one attached hydrogen (secondary N) is 1. The van der Waals surface area contributed by atoms with Crippen LogP contribution in [-0.2, 0) is 14.8 Å². The lowest BCUT2D eigenvalue weighted by Gasteiger charge is -2.13. The average molecular weight is 191 g/mol. The van der Waals surface area contributed by atoms with Gasteiger partial charge in [0.2, 0.25) is 10.0 Å². The summed E-state index contributed by atoms with van der Waals surface area (Å²) in [6.07, 6.45) is 3.90. The Labute approximate surface area is 72.7 Å². The first-order chi connectivity index (χ1) is 5.58. The van der Waals surface area contributed by atoms with Gasteiger partial charge in [-0.1, -0.05) is 11.6 Å². The van der Waals surface area contributed by atoms with Crippen molar-refractivity contribution >= 4 is 10.0 Å². The van der Waals surface area contributed by atoms with Gasteiger partial charge < -0.3 is 4.74 Å². The van der Waals surface area contributed by atoms with Crippen LogP contribution in [-0.4, -0.2) is 34.4 Å². The summed E-state index contributed by atoms with van der Waals surface area (Å²) in [4.78, 5) is 0. The molecule has 0 fully saturated rings. The van der Waals surface area contributed by atoms with Crippen molar-refractivity contribution in [3.8, 4) is 0 Å². The van der Waals surface area contributed by atoms with Gasteiger partial charge in [-0.3, -0.25) is 0 Å². The molecule has 0 saturated heterocycles. The summed E-state index contributed by atoms with van der Waals surface area (Å²) in [5, 5.41) is 0. The lowest BCUT2D eigenvalue weighted by atomic mass is 10.1. The molecule has 0 bridgehead atoms. The minimum Gasteiger partial charge on any atom is -0.377 e. The van der Waals surface area contributed by atoms with E-state index in [1.54, 1.807) is 0 Å². The predicted octanol–water partition coefficient (Wildman–Crippen LogP) is -0.118. The van der Waals surface area contributed by atoms with Crippen molar-refractivity contribution in [3.63, 3.8) is 0 Å². The third-order valence-electron chi connectivity index (χ3n) is 1.62. The minimum absolute atomic E-state index is 0.419. The van der Waals surface area contributed by atoms with Crippen LogP contribution in [0.5, 0.6) is 0 Å². The Bertz CT molecular complexity index is 268. The van der Waals surface area contributed by atoms with Gasteiger partial charge in [0.25, 0.3) is 0 Å². The third-order valence-corrected chi connectivity index (χ3v) is 2.29. The lowest BCUT2D eigenvalue weighted by molar-refractivity contribution is 0.154. The molecule has 0 aromatic heterocycles. The van der Waals surface area contributed by atoms with Crippen LogP contribution < -0.4 is 4.72 Å². The van der Waals surface area contributed by atoms with E-state index < -0.39 is 10.0 Å². The van der Waals surface area contributed by atoms with Gasteiger partial charge in [0, 0.05) is 6.54 Å². The molecule has 0 aromatic carbocycles. The van der Waals surface area contributed by atoms with Gasteiger partial charge in [-0.05, 0) is 6.42 Å². The Morgan fingerprint density at radius 2 is 2.42 bits per heavy atom. The van der Waals surface area contributed by atoms with Gasteiger partial charge in [0.05, 0.1) is 19.5 Å². The quantitative estimate of drug-likeness (QED) is 0.633. The van der Waals surface area contributed by atoms with E-state index in [2.05, 4.69) is 4.72 Å². The zero-order chi connectivity index (χ0) is 9.03. The van der Waals surface area contributed by atoms with Gasteiger partial charge in [0.1, 0.15) is 0 Å². The van der Waals surface area contributed by atoms with Crippen molar-refractivity contribution in [2.75, 3.05) is 26.0 Å². The maximum absolute atomic E-state index is 10.7. The fraction of sp³-hybridized carbons (Fsp3) is 0.714. The Morgan fingerprint density at radius 3 is 2.92 bits per heavy atom. The molecule has 0 amide bonds. The summed E-state index contributed by atoms with van der Waals surface area (Å²) in [7, 11) is -3.06. The van der Waals surface area contributed by atoms with Crippen molar-refractivity contribution in [1.82, 2.24) is 4.72 Å². The highest BCUT2D eigenvalue weighted by Crippen LogP contribution is 2.05. The number of ether oxygens (including phenoxy) is 1. The summed E-state index contributed by atoms with van der Waals surface area (Å²) >= 11 is 0. The Morgan fingerprint density at radius 1 is 1.67 bits per heavy atom. The normalized spacial score (nSPS) is 18.9. The molecule has 0 radical (unpaired) electrons. The van der Waals surface area contributed by atoms with E-state index in [0.29, 0.717) is 19.8 Å². The smallest absolute Gasteiger partial charge is 0.208 e. The molecule has 1 N–H and O–H groups in total. The molecule has 0 aliphatic carbocycles. The number of rotatable bonds is 3. The van der Waals surface area contributed by atoms with Crippen molar-refractivity contribution in [2.45, 2.75) is 6.42 Å². The van der Waals surface area contributed by atoms with E-state index >= 15 is 0 Å². The predicted molar refractivity (Wildman–Crippen MR) is 46.4 cm³/mol. The molecule has 1 aliphatic rings. The van der Waals surface area contributed by atoms with Gasteiger partial charge >= 0.3 is 0 Å². The molecule has 0 unspecified atom stereocenters. The summed E-state index contributed by atoms with van der Waals surface area (Å²) < 4.78 is 28.9. The van der Waals surface area contributed by atoms with Crippen LogP contribution in [0.25, 0.3) is 0 Å². The number of hydrogen-bond acceptors (Lipinski definition) is 3. The monoisotopic (exact) mass is 191 g/mol. The Balaban J connectivity index is 2.36. The molecule has 70 valence electrons. The zero-order valence-corrected chi connectivity index (χ0v) is 7.86. The van der Waals surface area contributed by atoms with Crippen LogP contribution >= 0.6 is 0 Å². The summed E-state index contributed by atoms with van der Waals surface area (Å²) in [6, 6.07) is 0. The van der Waals surface area contributed by atoms with Crippen LogP contribution in [0, 0.1) is 0 Å². The molecular formula is C7H13NO3S. The van der Waals surface area contributed by atoms with Gasteiger partial charge in [0.15, 0.2) is 0 Å². The van der Waals surface area contributed by atoms with Gasteiger partial charge in [-0.2, -0.15) is 0 Å². The van der Waals surface area contributed by atoms with Crippen LogP contribution in [0.2, 0.25) is 0 Å². The molecular weight excluding hydrogens is 178 g/mol. The van der Waals surface area contributed by atoms with E-state index in [4.69, 9.17) is 4.74 Å². The van der Waals surface area contributed by atoms with Crippen LogP contribution in [0.3, 0.4) is 0 Å². The van der Waals surface area contributed by atoms with Gasteiger partial charge in [-0.15, -0.1) is 0 Å². The molecule has 1 heterocycles. The second-order valence-electron chi connectivity index (χ2n) is 2.78.